The number of carbonyl (C=O) groups is 1. The number of fused-ring (bicyclic) bond motifs is 1. The van der Waals surface area contributed by atoms with Gasteiger partial charge in [-0.3, -0.25) is 0 Å². The Hall–Kier alpha value is -1.85. The maximum atomic E-state index is 10.6. The summed E-state index contributed by atoms with van der Waals surface area (Å²) in [4.78, 5) is 14.4. The Morgan fingerprint density at radius 3 is 2.85 bits per heavy atom. The van der Waals surface area contributed by atoms with Crippen LogP contribution in [0.4, 0.5) is 0 Å². The average molecular weight is 180 g/mol. The van der Waals surface area contributed by atoms with E-state index < -0.39 is 5.97 Å². The third kappa shape index (κ3) is 0.986. The number of aromatic nitrogens is 4. The summed E-state index contributed by atoms with van der Waals surface area (Å²) in [6.45, 7) is 1.83. The van der Waals surface area contributed by atoms with E-state index in [0.717, 1.165) is 5.82 Å². The molecular formula is C7H8N4O2. The van der Waals surface area contributed by atoms with E-state index in [0.29, 0.717) is 5.78 Å². The van der Waals surface area contributed by atoms with Crippen LogP contribution in [0.5, 0.6) is 0 Å². The molecule has 0 saturated heterocycles. The van der Waals surface area contributed by atoms with E-state index in [-0.39, 0.29) is 5.69 Å². The molecule has 0 saturated carbocycles. The molecule has 0 fully saturated rings. The average Bonchev–Trinajstić information content (AvgIpc) is 2.55. The Balaban J connectivity index is 2.72. The van der Waals surface area contributed by atoms with E-state index in [1.54, 1.807) is 11.6 Å². The van der Waals surface area contributed by atoms with Gasteiger partial charge in [0.25, 0.3) is 0 Å². The van der Waals surface area contributed by atoms with Gasteiger partial charge in [0.2, 0.25) is 5.78 Å². The molecule has 0 aliphatic carbocycles. The van der Waals surface area contributed by atoms with Gasteiger partial charge in [-0.15, -0.1) is 0 Å². The minimum absolute atomic E-state index is 0.0121. The molecule has 0 spiro atoms. The number of hydrogen-bond donors (Lipinski definition) is 1. The van der Waals surface area contributed by atoms with Crippen LogP contribution >= 0.6 is 0 Å². The van der Waals surface area contributed by atoms with Crippen molar-refractivity contribution in [3.05, 3.63) is 17.7 Å². The van der Waals surface area contributed by atoms with Crippen molar-refractivity contribution >= 4 is 11.7 Å². The lowest BCUT2D eigenvalue weighted by atomic mass is 10.5. The standard InChI is InChI=1S/C7H8N4O2/c1-4-9-11-3-5(6(12)13)8-7(11)10(4)2/h3H,1-2H3,(H,12,13). The van der Waals surface area contributed by atoms with Crippen LogP contribution in [0, 0.1) is 6.92 Å². The fraction of sp³-hybridized carbons (Fsp3) is 0.286. The highest BCUT2D eigenvalue weighted by molar-refractivity contribution is 5.85. The Morgan fingerprint density at radius 1 is 1.62 bits per heavy atom. The molecule has 0 atom stereocenters. The van der Waals surface area contributed by atoms with Gasteiger partial charge in [-0.2, -0.15) is 5.10 Å². The van der Waals surface area contributed by atoms with Gasteiger partial charge in [0.1, 0.15) is 5.82 Å². The van der Waals surface area contributed by atoms with E-state index in [1.165, 1.54) is 10.7 Å². The van der Waals surface area contributed by atoms with Gasteiger partial charge in [0.15, 0.2) is 5.69 Å². The predicted octanol–water partition coefficient (Wildman–Crippen LogP) is 0.0744. The summed E-state index contributed by atoms with van der Waals surface area (Å²) in [5.41, 5.74) is 0.0121. The van der Waals surface area contributed by atoms with Crippen LogP contribution in [0.3, 0.4) is 0 Å². The van der Waals surface area contributed by atoms with E-state index in [4.69, 9.17) is 5.11 Å². The number of imidazole rings is 1. The molecule has 0 amide bonds. The second-order valence-corrected chi connectivity index (χ2v) is 2.78. The topological polar surface area (TPSA) is 72.4 Å². The zero-order valence-corrected chi connectivity index (χ0v) is 7.22. The number of nitrogens with zero attached hydrogens (tertiary/aromatic N) is 4. The summed E-state index contributed by atoms with van der Waals surface area (Å²) in [5, 5.41) is 12.7. The number of aryl methyl sites for hydroxylation is 2. The van der Waals surface area contributed by atoms with E-state index in [1.807, 2.05) is 6.92 Å². The van der Waals surface area contributed by atoms with Crippen LogP contribution in [0.2, 0.25) is 0 Å². The zero-order chi connectivity index (χ0) is 9.59. The lowest BCUT2D eigenvalue weighted by Crippen LogP contribution is -1.98. The van der Waals surface area contributed by atoms with Crippen molar-refractivity contribution in [3.8, 4) is 0 Å². The lowest BCUT2D eigenvalue weighted by molar-refractivity contribution is 0.0691. The van der Waals surface area contributed by atoms with Crippen molar-refractivity contribution < 1.29 is 9.90 Å². The van der Waals surface area contributed by atoms with Gasteiger partial charge in [-0.1, -0.05) is 0 Å². The van der Waals surface area contributed by atoms with Crippen molar-refractivity contribution in [2.45, 2.75) is 6.92 Å². The van der Waals surface area contributed by atoms with Crippen molar-refractivity contribution in [1.29, 1.82) is 0 Å². The molecule has 0 aromatic carbocycles. The summed E-state index contributed by atoms with van der Waals surface area (Å²) in [7, 11) is 1.79. The number of hydrogen-bond acceptors (Lipinski definition) is 3. The molecule has 13 heavy (non-hydrogen) atoms. The summed E-state index contributed by atoms with van der Waals surface area (Å²) >= 11 is 0. The molecular weight excluding hydrogens is 172 g/mol. The SMILES string of the molecule is Cc1nn2cc(C(=O)O)nc2n1C. The quantitative estimate of drug-likeness (QED) is 0.674. The van der Waals surface area contributed by atoms with Gasteiger partial charge in [0.05, 0.1) is 6.20 Å². The summed E-state index contributed by atoms with van der Waals surface area (Å²) < 4.78 is 3.19. The van der Waals surface area contributed by atoms with Crippen LogP contribution in [0.1, 0.15) is 16.3 Å². The molecule has 0 aliphatic rings. The number of aromatic carboxylic acids is 1. The molecule has 2 aromatic rings. The monoisotopic (exact) mass is 180 g/mol. The first-order chi connectivity index (χ1) is 6.09. The first-order valence-corrected chi connectivity index (χ1v) is 3.71. The minimum atomic E-state index is -1.04. The van der Waals surface area contributed by atoms with Gasteiger partial charge in [0, 0.05) is 7.05 Å². The first-order valence-electron chi connectivity index (χ1n) is 3.71. The smallest absolute Gasteiger partial charge is 0.356 e. The molecule has 68 valence electrons. The maximum Gasteiger partial charge on any atom is 0.356 e. The molecule has 0 aliphatic heterocycles. The van der Waals surface area contributed by atoms with Crippen molar-refractivity contribution in [2.24, 2.45) is 7.05 Å². The van der Waals surface area contributed by atoms with Crippen molar-refractivity contribution in [3.63, 3.8) is 0 Å². The second-order valence-electron chi connectivity index (χ2n) is 2.78. The Morgan fingerprint density at radius 2 is 2.31 bits per heavy atom. The first kappa shape index (κ1) is 7.78. The number of rotatable bonds is 1. The summed E-state index contributed by atoms with van der Waals surface area (Å²) in [6.07, 6.45) is 1.39. The van der Waals surface area contributed by atoms with Gasteiger partial charge in [-0.05, 0) is 6.92 Å². The molecule has 2 rings (SSSR count). The Bertz CT molecular complexity index is 482. The zero-order valence-electron chi connectivity index (χ0n) is 7.22. The van der Waals surface area contributed by atoms with Crippen LogP contribution in [0.15, 0.2) is 6.20 Å². The molecule has 2 aromatic heterocycles. The van der Waals surface area contributed by atoms with Gasteiger partial charge in [-0.25, -0.2) is 14.3 Å². The Labute approximate surface area is 73.4 Å². The third-order valence-corrected chi connectivity index (χ3v) is 1.93. The fourth-order valence-electron chi connectivity index (χ4n) is 1.13. The number of carboxylic acid groups (broad SMARTS) is 1. The van der Waals surface area contributed by atoms with Crippen LogP contribution in [0.25, 0.3) is 5.78 Å². The van der Waals surface area contributed by atoms with E-state index >= 15 is 0 Å². The Kier molecular flexibility index (Phi) is 1.39. The largest absolute Gasteiger partial charge is 0.476 e. The fourth-order valence-corrected chi connectivity index (χ4v) is 1.13. The maximum absolute atomic E-state index is 10.6. The van der Waals surface area contributed by atoms with Crippen molar-refractivity contribution in [2.75, 3.05) is 0 Å². The van der Waals surface area contributed by atoms with Crippen LogP contribution in [-0.2, 0) is 7.05 Å². The molecule has 0 bridgehead atoms. The van der Waals surface area contributed by atoms with E-state index in [9.17, 15) is 4.79 Å². The highest BCUT2D eigenvalue weighted by Crippen LogP contribution is 2.05. The lowest BCUT2D eigenvalue weighted by Gasteiger charge is -1.89. The predicted molar refractivity (Wildman–Crippen MR) is 43.7 cm³/mol. The van der Waals surface area contributed by atoms with Crippen LogP contribution < -0.4 is 0 Å². The van der Waals surface area contributed by atoms with Crippen molar-refractivity contribution in [1.82, 2.24) is 19.2 Å². The van der Waals surface area contributed by atoms with Crippen LogP contribution in [-0.4, -0.2) is 30.2 Å². The second kappa shape index (κ2) is 2.32. The van der Waals surface area contributed by atoms with Gasteiger partial charge >= 0.3 is 5.97 Å². The van der Waals surface area contributed by atoms with E-state index in [2.05, 4.69) is 10.1 Å². The number of carboxylic acids is 1. The molecule has 2 heterocycles. The molecule has 1 N–H and O–H groups in total. The molecule has 0 radical (unpaired) electrons. The highest BCUT2D eigenvalue weighted by atomic mass is 16.4. The third-order valence-electron chi connectivity index (χ3n) is 1.93. The summed E-state index contributed by atoms with van der Waals surface area (Å²) in [6, 6.07) is 0. The molecule has 6 heteroatoms. The molecule has 0 unspecified atom stereocenters. The van der Waals surface area contributed by atoms with Gasteiger partial charge < -0.3 is 9.67 Å². The molecule has 6 nitrogen and oxygen atoms in total. The minimum Gasteiger partial charge on any atom is -0.476 e. The summed E-state index contributed by atoms with van der Waals surface area (Å²) in [5.74, 6) is 0.289. The normalized spacial score (nSPS) is 10.9. The highest BCUT2D eigenvalue weighted by Gasteiger charge is 2.12.